The van der Waals surface area contributed by atoms with Gasteiger partial charge >= 0.3 is 0 Å². The first-order valence-electron chi connectivity index (χ1n) is 7.69. The van der Waals surface area contributed by atoms with Crippen molar-refractivity contribution in [1.29, 1.82) is 0 Å². The number of aldehydes is 1. The summed E-state index contributed by atoms with van der Waals surface area (Å²) < 4.78 is 18.7. The molecule has 5 heteroatoms. The van der Waals surface area contributed by atoms with E-state index in [4.69, 9.17) is 4.42 Å². The van der Waals surface area contributed by atoms with Crippen LogP contribution in [0.1, 0.15) is 26.5 Å². The number of benzene rings is 2. The number of amides is 1. The van der Waals surface area contributed by atoms with Gasteiger partial charge in [0, 0.05) is 23.9 Å². The van der Waals surface area contributed by atoms with Crippen molar-refractivity contribution in [3.63, 3.8) is 0 Å². The molecule has 1 aromatic heterocycles. The van der Waals surface area contributed by atoms with Crippen LogP contribution >= 0.6 is 0 Å². The monoisotopic (exact) mass is 337 g/mol. The molecule has 0 aliphatic heterocycles. The van der Waals surface area contributed by atoms with Crippen molar-refractivity contribution in [3.05, 3.63) is 77.3 Å². The summed E-state index contributed by atoms with van der Waals surface area (Å²) in [5.41, 5.74) is 2.21. The predicted molar refractivity (Wildman–Crippen MR) is 93.4 cm³/mol. The van der Waals surface area contributed by atoms with E-state index in [0.29, 0.717) is 33.9 Å². The number of anilines is 1. The molecule has 0 N–H and O–H groups in total. The maximum atomic E-state index is 13.1. The molecule has 0 saturated carbocycles. The second-order valence-electron chi connectivity index (χ2n) is 5.66. The molecule has 4 nitrogen and oxygen atoms in total. The Kier molecular flexibility index (Phi) is 4.48. The molecule has 2 aromatic carbocycles. The normalized spacial score (nSPS) is 10.5. The van der Waals surface area contributed by atoms with Gasteiger partial charge in [0.1, 0.15) is 23.6 Å². The number of carbonyl (C=O) groups excluding carboxylic acids is 2. The number of hydrogen-bond donors (Lipinski definition) is 0. The van der Waals surface area contributed by atoms with E-state index in [0.717, 1.165) is 6.29 Å². The van der Waals surface area contributed by atoms with Crippen LogP contribution in [0.3, 0.4) is 0 Å². The summed E-state index contributed by atoms with van der Waals surface area (Å²) in [6.07, 6.45) is 0.734. The highest BCUT2D eigenvalue weighted by atomic mass is 19.1. The minimum Gasteiger partial charge on any atom is -0.461 e. The molecule has 126 valence electrons. The molecule has 0 spiro atoms. The van der Waals surface area contributed by atoms with E-state index >= 15 is 0 Å². The molecule has 0 saturated heterocycles. The largest absolute Gasteiger partial charge is 0.461 e. The lowest BCUT2D eigenvalue weighted by atomic mass is 10.1. The van der Waals surface area contributed by atoms with Gasteiger partial charge in [0.15, 0.2) is 0 Å². The molecule has 25 heavy (non-hydrogen) atoms. The topological polar surface area (TPSA) is 50.5 Å². The molecule has 0 unspecified atom stereocenters. The van der Waals surface area contributed by atoms with Crippen LogP contribution in [0.25, 0.3) is 11.3 Å². The van der Waals surface area contributed by atoms with Gasteiger partial charge < -0.3 is 9.32 Å². The molecule has 3 aromatic rings. The van der Waals surface area contributed by atoms with E-state index in [2.05, 4.69) is 0 Å². The Balaban J connectivity index is 1.91. The Bertz CT molecular complexity index is 928. The molecule has 0 aliphatic carbocycles. The van der Waals surface area contributed by atoms with Gasteiger partial charge in [-0.15, -0.1) is 0 Å². The van der Waals surface area contributed by atoms with Crippen molar-refractivity contribution in [2.45, 2.75) is 6.92 Å². The molecule has 0 fully saturated rings. The summed E-state index contributed by atoms with van der Waals surface area (Å²) >= 11 is 0. The minimum atomic E-state index is -0.335. The maximum Gasteiger partial charge on any atom is 0.261 e. The van der Waals surface area contributed by atoms with Crippen LogP contribution in [0.15, 0.2) is 59.0 Å². The lowest BCUT2D eigenvalue weighted by molar-refractivity contribution is 0.0990. The quantitative estimate of drug-likeness (QED) is 0.659. The minimum absolute atomic E-state index is 0.252. The Morgan fingerprint density at radius 2 is 1.84 bits per heavy atom. The van der Waals surface area contributed by atoms with Gasteiger partial charge in [0.2, 0.25) is 0 Å². The number of aryl methyl sites for hydroxylation is 1. The third-order valence-electron chi connectivity index (χ3n) is 3.98. The number of hydrogen-bond acceptors (Lipinski definition) is 3. The average molecular weight is 337 g/mol. The second kappa shape index (κ2) is 6.73. The summed E-state index contributed by atoms with van der Waals surface area (Å²) in [7, 11) is 1.64. The highest BCUT2D eigenvalue weighted by molar-refractivity contribution is 6.07. The summed E-state index contributed by atoms with van der Waals surface area (Å²) in [5.74, 6) is 0.384. The van der Waals surface area contributed by atoms with Crippen LogP contribution in [-0.2, 0) is 0 Å². The van der Waals surface area contributed by atoms with E-state index in [1.54, 1.807) is 56.4 Å². The SMILES string of the molecule is Cc1oc(-c2ccc(F)cc2)cc1C(=O)N(C)c1cccc(C=O)c1. The Hall–Kier alpha value is -3.21. The zero-order valence-corrected chi connectivity index (χ0v) is 13.8. The lowest BCUT2D eigenvalue weighted by Crippen LogP contribution is -2.26. The Morgan fingerprint density at radius 1 is 1.12 bits per heavy atom. The smallest absolute Gasteiger partial charge is 0.261 e. The Labute approximate surface area is 144 Å². The number of carbonyl (C=O) groups is 2. The van der Waals surface area contributed by atoms with E-state index in [9.17, 15) is 14.0 Å². The zero-order chi connectivity index (χ0) is 18.0. The van der Waals surface area contributed by atoms with Crippen molar-refractivity contribution in [3.8, 4) is 11.3 Å². The van der Waals surface area contributed by atoms with Gasteiger partial charge in [-0.2, -0.15) is 0 Å². The molecule has 3 rings (SSSR count). The number of furan rings is 1. The number of rotatable bonds is 4. The first kappa shape index (κ1) is 16.6. The van der Waals surface area contributed by atoms with Crippen molar-refractivity contribution >= 4 is 17.9 Å². The Morgan fingerprint density at radius 3 is 2.52 bits per heavy atom. The maximum absolute atomic E-state index is 13.1. The van der Waals surface area contributed by atoms with Crippen LogP contribution in [0.5, 0.6) is 0 Å². The molecular formula is C20H16FNO3. The summed E-state index contributed by atoms with van der Waals surface area (Å²) in [6.45, 7) is 1.70. The van der Waals surface area contributed by atoms with Gasteiger partial charge in [0.25, 0.3) is 5.91 Å². The molecule has 0 atom stereocenters. The van der Waals surface area contributed by atoms with Gasteiger partial charge in [-0.25, -0.2) is 4.39 Å². The fraction of sp³-hybridized carbons (Fsp3) is 0.100. The molecule has 0 radical (unpaired) electrons. The highest BCUT2D eigenvalue weighted by Crippen LogP contribution is 2.27. The van der Waals surface area contributed by atoms with Crippen molar-refractivity contribution in [2.24, 2.45) is 0 Å². The van der Waals surface area contributed by atoms with Crippen LogP contribution in [0.2, 0.25) is 0 Å². The fourth-order valence-corrected chi connectivity index (χ4v) is 2.56. The van der Waals surface area contributed by atoms with E-state index in [1.165, 1.54) is 17.0 Å². The lowest BCUT2D eigenvalue weighted by Gasteiger charge is -2.17. The first-order valence-corrected chi connectivity index (χ1v) is 7.69. The van der Waals surface area contributed by atoms with E-state index < -0.39 is 0 Å². The summed E-state index contributed by atoms with van der Waals surface area (Å²) in [5, 5.41) is 0. The third-order valence-corrected chi connectivity index (χ3v) is 3.98. The van der Waals surface area contributed by atoms with Crippen molar-refractivity contribution in [2.75, 3.05) is 11.9 Å². The van der Waals surface area contributed by atoms with Gasteiger partial charge in [0.05, 0.1) is 5.56 Å². The van der Waals surface area contributed by atoms with Gasteiger partial charge in [-0.3, -0.25) is 9.59 Å². The first-order chi connectivity index (χ1) is 12.0. The van der Waals surface area contributed by atoms with Crippen LogP contribution < -0.4 is 4.90 Å². The molecule has 1 amide bonds. The third kappa shape index (κ3) is 3.35. The van der Waals surface area contributed by atoms with Crippen molar-refractivity contribution < 1.29 is 18.4 Å². The predicted octanol–water partition coefficient (Wildman–Crippen LogP) is 4.48. The van der Waals surface area contributed by atoms with E-state index in [1.807, 2.05) is 0 Å². The molecular weight excluding hydrogens is 321 g/mol. The van der Waals surface area contributed by atoms with Crippen LogP contribution in [0.4, 0.5) is 10.1 Å². The standard InChI is InChI=1S/C20H16FNO3/c1-13-18(11-19(25-13)15-6-8-16(21)9-7-15)20(24)22(2)17-5-3-4-14(10-17)12-23/h3-12H,1-2H3. The number of nitrogens with zero attached hydrogens (tertiary/aromatic N) is 1. The summed E-state index contributed by atoms with van der Waals surface area (Å²) in [4.78, 5) is 25.2. The molecule has 0 aliphatic rings. The highest BCUT2D eigenvalue weighted by Gasteiger charge is 2.20. The zero-order valence-electron chi connectivity index (χ0n) is 13.8. The fourth-order valence-electron chi connectivity index (χ4n) is 2.56. The van der Waals surface area contributed by atoms with E-state index in [-0.39, 0.29) is 11.7 Å². The average Bonchev–Trinajstić information content (AvgIpc) is 3.02. The van der Waals surface area contributed by atoms with Crippen LogP contribution in [-0.4, -0.2) is 19.2 Å². The second-order valence-corrected chi connectivity index (χ2v) is 5.66. The molecule has 0 bridgehead atoms. The van der Waals surface area contributed by atoms with Gasteiger partial charge in [-0.05, 0) is 49.4 Å². The molecule has 1 heterocycles. The summed E-state index contributed by atoms with van der Waals surface area (Å²) in [6, 6.07) is 14.3. The van der Waals surface area contributed by atoms with Crippen LogP contribution in [0, 0.1) is 12.7 Å². The van der Waals surface area contributed by atoms with Gasteiger partial charge in [-0.1, -0.05) is 12.1 Å². The number of halogens is 1. The van der Waals surface area contributed by atoms with Crippen molar-refractivity contribution in [1.82, 2.24) is 0 Å².